The number of aryl methyl sites for hydroxylation is 1. The molecule has 0 saturated heterocycles. The van der Waals surface area contributed by atoms with Gasteiger partial charge in [-0.05, 0) is 48.6 Å². The van der Waals surface area contributed by atoms with Crippen LogP contribution in [0.15, 0.2) is 85.1 Å². The predicted molar refractivity (Wildman–Crippen MR) is 154 cm³/mol. The zero-order chi connectivity index (χ0) is 27.2. The summed E-state index contributed by atoms with van der Waals surface area (Å²) in [7, 11) is 0. The first kappa shape index (κ1) is 26.9. The van der Waals surface area contributed by atoms with Crippen molar-refractivity contribution in [1.82, 2.24) is 14.5 Å². The summed E-state index contributed by atoms with van der Waals surface area (Å²) in [4.78, 5) is 32.9. The fraction of sp³-hybridized carbons (Fsp3) is 0.281. The summed E-state index contributed by atoms with van der Waals surface area (Å²) < 4.78 is 1.89. The molecular weight excluding hydrogens is 472 g/mol. The van der Waals surface area contributed by atoms with E-state index in [1.54, 1.807) is 4.90 Å². The summed E-state index contributed by atoms with van der Waals surface area (Å²) in [6.45, 7) is 10.8. The highest BCUT2D eigenvalue weighted by Gasteiger charge is 2.22. The van der Waals surface area contributed by atoms with E-state index in [0.717, 1.165) is 22.5 Å². The maximum Gasteiger partial charge on any atom is 0.254 e. The molecule has 6 nitrogen and oxygen atoms in total. The van der Waals surface area contributed by atoms with Crippen molar-refractivity contribution < 1.29 is 9.59 Å². The van der Waals surface area contributed by atoms with E-state index in [1.807, 2.05) is 98.3 Å². The molecular formula is C32H36N4O2. The first-order valence-electron chi connectivity index (χ1n) is 13.1. The van der Waals surface area contributed by atoms with Gasteiger partial charge in [0, 0.05) is 29.6 Å². The minimum atomic E-state index is -0.295. The van der Waals surface area contributed by atoms with Crippen molar-refractivity contribution in [2.45, 2.75) is 40.5 Å². The van der Waals surface area contributed by atoms with E-state index in [9.17, 15) is 9.59 Å². The van der Waals surface area contributed by atoms with E-state index >= 15 is 0 Å². The van der Waals surface area contributed by atoms with Crippen LogP contribution in [0.4, 0.5) is 5.95 Å². The molecule has 0 aliphatic heterocycles. The maximum absolute atomic E-state index is 13.3. The SMILES string of the molecule is Cc1ccc(C(=O)N(CC(=O)Nc2nc(-c3ccccc3)cn2-c2ccc(C(C)C)cc2)CC(C)C)cc1. The molecule has 38 heavy (non-hydrogen) atoms. The van der Waals surface area contributed by atoms with Gasteiger partial charge in [-0.3, -0.25) is 19.5 Å². The zero-order valence-electron chi connectivity index (χ0n) is 22.8. The molecule has 0 bridgehead atoms. The lowest BCUT2D eigenvalue weighted by atomic mass is 10.0. The van der Waals surface area contributed by atoms with Crippen molar-refractivity contribution >= 4 is 17.8 Å². The van der Waals surface area contributed by atoms with Crippen molar-refractivity contribution in [2.24, 2.45) is 5.92 Å². The first-order valence-corrected chi connectivity index (χ1v) is 13.1. The van der Waals surface area contributed by atoms with Gasteiger partial charge < -0.3 is 4.90 Å². The van der Waals surface area contributed by atoms with E-state index in [0.29, 0.717) is 24.0 Å². The molecule has 1 heterocycles. The average molecular weight is 509 g/mol. The molecule has 0 aliphatic rings. The van der Waals surface area contributed by atoms with Crippen LogP contribution in [0.1, 0.15) is 55.1 Å². The molecule has 2 amide bonds. The van der Waals surface area contributed by atoms with E-state index < -0.39 is 0 Å². The summed E-state index contributed by atoms with van der Waals surface area (Å²) in [6, 6.07) is 25.6. The molecule has 1 N–H and O–H groups in total. The van der Waals surface area contributed by atoms with Crippen LogP contribution in [0.5, 0.6) is 0 Å². The number of hydrogen-bond acceptors (Lipinski definition) is 3. The number of nitrogens with one attached hydrogen (secondary N) is 1. The van der Waals surface area contributed by atoms with Crippen molar-refractivity contribution in [3.8, 4) is 16.9 Å². The standard InChI is InChI=1S/C32H36N4O2/c1-22(2)19-35(31(38)27-13-11-24(5)12-14-27)21-30(37)34-32-33-29(26-9-7-6-8-10-26)20-36(32)28-17-15-25(16-18-28)23(3)4/h6-18,20,22-23H,19,21H2,1-5H3,(H,33,34,37). The molecule has 0 fully saturated rings. The minimum absolute atomic E-state index is 0.0648. The van der Waals surface area contributed by atoms with Gasteiger partial charge >= 0.3 is 0 Å². The van der Waals surface area contributed by atoms with E-state index in [-0.39, 0.29) is 24.3 Å². The highest BCUT2D eigenvalue weighted by molar-refractivity contribution is 5.99. The molecule has 1 aromatic heterocycles. The second kappa shape index (κ2) is 11.9. The maximum atomic E-state index is 13.3. The van der Waals surface area contributed by atoms with E-state index in [4.69, 9.17) is 4.98 Å². The highest BCUT2D eigenvalue weighted by atomic mass is 16.2. The molecule has 4 rings (SSSR count). The van der Waals surface area contributed by atoms with Gasteiger partial charge in [0.15, 0.2) is 0 Å². The van der Waals surface area contributed by atoms with Crippen LogP contribution in [0.2, 0.25) is 0 Å². The molecule has 0 atom stereocenters. The number of carbonyl (C=O) groups is 2. The Kier molecular flexibility index (Phi) is 8.41. The fourth-order valence-corrected chi connectivity index (χ4v) is 4.31. The van der Waals surface area contributed by atoms with Crippen molar-refractivity contribution in [3.05, 3.63) is 102 Å². The summed E-state index contributed by atoms with van der Waals surface area (Å²) in [6.07, 6.45) is 1.93. The largest absolute Gasteiger partial charge is 0.329 e. The number of rotatable bonds is 9. The third-order valence-electron chi connectivity index (χ3n) is 6.37. The lowest BCUT2D eigenvalue weighted by Gasteiger charge is -2.24. The Morgan fingerprint density at radius 2 is 1.55 bits per heavy atom. The topological polar surface area (TPSA) is 67.2 Å². The summed E-state index contributed by atoms with van der Waals surface area (Å²) in [5.41, 5.74) is 5.50. The first-order chi connectivity index (χ1) is 18.2. The third kappa shape index (κ3) is 6.57. The van der Waals surface area contributed by atoms with Gasteiger partial charge in [-0.2, -0.15) is 0 Å². The number of aromatic nitrogens is 2. The van der Waals surface area contributed by atoms with Gasteiger partial charge in [0.2, 0.25) is 11.9 Å². The van der Waals surface area contributed by atoms with Gasteiger partial charge in [-0.15, -0.1) is 0 Å². The highest BCUT2D eigenvalue weighted by Crippen LogP contribution is 2.25. The Morgan fingerprint density at radius 1 is 0.895 bits per heavy atom. The Bertz CT molecular complexity index is 1370. The molecule has 196 valence electrons. The number of nitrogens with zero attached hydrogens (tertiary/aromatic N) is 3. The number of hydrogen-bond donors (Lipinski definition) is 1. The predicted octanol–water partition coefficient (Wildman–Crippen LogP) is 6.71. The number of carbonyl (C=O) groups excluding carboxylic acids is 2. The number of anilines is 1. The van der Waals surface area contributed by atoms with Crippen LogP contribution in [0.25, 0.3) is 16.9 Å². The van der Waals surface area contributed by atoms with E-state index in [2.05, 4.69) is 31.3 Å². The van der Waals surface area contributed by atoms with Crippen LogP contribution in [-0.2, 0) is 4.79 Å². The monoisotopic (exact) mass is 508 g/mol. The molecule has 3 aromatic carbocycles. The molecule has 0 aliphatic carbocycles. The van der Waals surface area contributed by atoms with Gasteiger partial charge in [-0.1, -0.05) is 87.9 Å². The van der Waals surface area contributed by atoms with Crippen LogP contribution < -0.4 is 5.32 Å². The summed E-state index contributed by atoms with van der Waals surface area (Å²) >= 11 is 0. The van der Waals surface area contributed by atoms with Gasteiger partial charge in [0.25, 0.3) is 5.91 Å². The number of amides is 2. The molecule has 0 radical (unpaired) electrons. The minimum Gasteiger partial charge on any atom is -0.329 e. The number of benzene rings is 3. The molecule has 0 saturated carbocycles. The number of imidazole rings is 1. The fourth-order valence-electron chi connectivity index (χ4n) is 4.31. The Morgan fingerprint density at radius 3 is 2.16 bits per heavy atom. The van der Waals surface area contributed by atoms with Crippen molar-refractivity contribution in [2.75, 3.05) is 18.4 Å². The van der Waals surface area contributed by atoms with Crippen LogP contribution >= 0.6 is 0 Å². The Hall–Kier alpha value is -4.19. The Labute approximate surface area is 225 Å². The second-order valence-corrected chi connectivity index (χ2v) is 10.4. The van der Waals surface area contributed by atoms with Gasteiger partial charge in [0.1, 0.15) is 6.54 Å². The lowest BCUT2D eigenvalue weighted by molar-refractivity contribution is -0.117. The van der Waals surface area contributed by atoms with E-state index in [1.165, 1.54) is 5.56 Å². The molecule has 0 unspecified atom stereocenters. The summed E-state index contributed by atoms with van der Waals surface area (Å²) in [5.74, 6) is 0.591. The molecule has 4 aromatic rings. The lowest BCUT2D eigenvalue weighted by Crippen LogP contribution is -2.40. The average Bonchev–Trinajstić information content (AvgIpc) is 3.32. The van der Waals surface area contributed by atoms with Gasteiger partial charge in [-0.25, -0.2) is 4.98 Å². The zero-order valence-corrected chi connectivity index (χ0v) is 22.8. The second-order valence-electron chi connectivity index (χ2n) is 10.4. The van der Waals surface area contributed by atoms with Crippen molar-refractivity contribution in [3.63, 3.8) is 0 Å². The molecule has 6 heteroatoms. The smallest absolute Gasteiger partial charge is 0.254 e. The Balaban J connectivity index is 1.61. The molecule has 0 spiro atoms. The van der Waals surface area contributed by atoms with Crippen molar-refractivity contribution in [1.29, 1.82) is 0 Å². The normalized spacial score (nSPS) is 11.1. The quantitative estimate of drug-likeness (QED) is 0.273. The third-order valence-corrected chi connectivity index (χ3v) is 6.37. The van der Waals surface area contributed by atoms with Gasteiger partial charge in [0.05, 0.1) is 5.69 Å². The van der Waals surface area contributed by atoms with Crippen LogP contribution in [0, 0.1) is 12.8 Å². The summed E-state index contributed by atoms with van der Waals surface area (Å²) in [5, 5.41) is 2.97. The van der Waals surface area contributed by atoms with Crippen LogP contribution in [0.3, 0.4) is 0 Å². The van der Waals surface area contributed by atoms with Crippen LogP contribution in [-0.4, -0.2) is 39.4 Å².